The number of carbonyl (C=O) groups is 1. The summed E-state index contributed by atoms with van der Waals surface area (Å²) in [6.45, 7) is 5.51. The zero-order chi connectivity index (χ0) is 19.9. The van der Waals surface area contributed by atoms with Gasteiger partial charge in [0.2, 0.25) is 0 Å². The summed E-state index contributed by atoms with van der Waals surface area (Å²) >= 11 is 0. The van der Waals surface area contributed by atoms with Crippen molar-refractivity contribution in [2.75, 3.05) is 52.9 Å². The summed E-state index contributed by atoms with van der Waals surface area (Å²) in [4.78, 5) is 12.1. The number of hydrogen-bond donors (Lipinski definition) is 0. The van der Waals surface area contributed by atoms with Crippen LogP contribution >= 0.6 is 0 Å². The molecule has 7 heteroatoms. The number of ether oxygens (including phenoxy) is 6. The molecule has 1 aromatic rings. The SMILES string of the molecule is CCOC(=O)C(OCCOCCOCCOC1CCCCO1)c1ccccc1. The molecule has 2 atom stereocenters. The lowest BCUT2D eigenvalue weighted by atomic mass is 10.1. The third-order valence-corrected chi connectivity index (χ3v) is 4.16. The third kappa shape index (κ3) is 9.12. The second-order valence-corrected chi connectivity index (χ2v) is 6.31. The van der Waals surface area contributed by atoms with E-state index in [1.807, 2.05) is 30.3 Å². The monoisotopic (exact) mass is 396 g/mol. The predicted octanol–water partition coefficient (Wildman–Crippen LogP) is 2.88. The van der Waals surface area contributed by atoms with Crippen LogP contribution in [0.1, 0.15) is 37.9 Å². The molecular weight excluding hydrogens is 364 g/mol. The van der Waals surface area contributed by atoms with Crippen LogP contribution in [0.3, 0.4) is 0 Å². The highest BCUT2D eigenvalue weighted by Crippen LogP contribution is 2.18. The molecule has 1 aliphatic heterocycles. The van der Waals surface area contributed by atoms with Gasteiger partial charge >= 0.3 is 5.97 Å². The first-order valence-corrected chi connectivity index (χ1v) is 10.0. The molecule has 158 valence electrons. The van der Waals surface area contributed by atoms with Gasteiger partial charge in [0.05, 0.1) is 46.2 Å². The fourth-order valence-corrected chi connectivity index (χ4v) is 2.77. The predicted molar refractivity (Wildman–Crippen MR) is 103 cm³/mol. The van der Waals surface area contributed by atoms with Crippen LogP contribution in [0.15, 0.2) is 30.3 Å². The van der Waals surface area contributed by atoms with E-state index in [0.29, 0.717) is 46.2 Å². The maximum atomic E-state index is 12.1. The smallest absolute Gasteiger partial charge is 0.339 e. The van der Waals surface area contributed by atoms with Crippen molar-refractivity contribution in [3.8, 4) is 0 Å². The molecule has 7 nitrogen and oxygen atoms in total. The second kappa shape index (κ2) is 14.5. The zero-order valence-electron chi connectivity index (χ0n) is 16.7. The van der Waals surface area contributed by atoms with Gasteiger partial charge < -0.3 is 28.4 Å². The van der Waals surface area contributed by atoms with Gasteiger partial charge in [-0.15, -0.1) is 0 Å². The lowest BCUT2D eigenvalue weighted by Crippen LogP contribution is -2.24. The molecule has 0 aromatic heterocycles. The summed E-state index contributed by atoms with van der Waals surface area (Å²) in [5.41, 5.74) is 0.770. The molecule has 0 spiro atoms. The standard InChI is InChI=1S/C21H32O7/c1-2-25-21(22)20(18-8-4-3-5-9-18)28-17-15-24-13-12-23-14-16-27-19-10-6-7-11-26-19/h3-5,8-9,19-20H,2,6-7,10-17H2,1H3. The molecular formula is C21H32O7. The maximum absolute atomic E-state index is 12.1. The van der Waals surface area contributed by atoms with Crippen LogP contribution in [0, 0.1) is 0 Å². The number of benzene rings is 1. The van der Waals surface area contributed by atoms with Crippen molar-refractivity contribution < 1.29 is 33.2 Å². The van der Waals surface area contributed by atoms with E-state index in [4.69, 9.17) is 28.4 Å². The maximum Gasteiger partial charge on any atom is 0.339 e. The van der Waals surface area contributed by atoms with Gasteiger partial charge in [0.15, 0.2) is 12.4 Å². The zero-order valence-corrected chi connectivity index (χ0v) is 16.7. The molecule has 28 heavy (non-hydrogen) atoms. The van der Waals surface area contributed by atoms with Gasteiger partial charge in [0, 0.05) is 6.61 Å². The van der Waals surface area contributed by atoms with Crippen molar-refractivity contribution >= 4 is 5.97 Å². The molecule has 1 fully saturated rings. The second-order valence-electron chi connectivity index (χ2n) is 6.31. The van der Waals surface area contributed by atoms with Gasteiger partial charge in [-0.25, -0.2) is 4.79 Å². The molecule has 0 aliphatic carbocycles. The topological polar surface area (TPSA) is 72.5 Å². The molecule has 1 heterocycles. The molecule has 2 unspecified atom stereocenters. The molecule has 0 bridgehead atoms. The Labute approximate surface area is 167 Å². The summed E-state index contributed by atoms with van der Waals surface area (Å²) in [6, 6.07) is 9.31. The fourth-order valence-electron chi connectivity index (χ4n) is 2.77. The van der Waals surface area contributed by atoms with E-state index in [0.717, 1.165) is 31.4 Å². The van der Waals surface area contributed by atoms with Crippen molar-refractivity contribution in [2.45, 2.75) is 38.6 Å². The largest absolute Gasteiger partial charge is 0.464 e. The Kier molecular flexibility index (Phi) is 11.8. The average Bonchev–Trinajstić information content (AvgIpc) is 2.73. The van der Waals surface area contributed by atoms with Crippen LogP contribution in [0.2, 0.25) is 0 Å². The molecule has 0 saturated carbocycles. The Balaban J connectivity index is 1.50. The summed E-state index contributed by atoms with van der Waals surface area (Å²) < 4.78 is 32.8. The van der Waals surface area contributed by atoms with E-state index in [1.54, 1.807) is 6.92 Å². The van der Waals surface area contributed by atoms with E-state index < -0.39 is 6.10 Å². The summed E-state index contributed by atoms with van der Waals surface area (Å²) in [7, 11) is 0. The molecule has 0 radical (unpaired) electrons. The Hall–Kier alpha value is -1.51. The highest BCUT2D eigenvalue weighted by Gasteiger charge is 2.22. The van der Waals surface area contributed by atoms with Gasteiger partial charge in [0.25, 0.3) is 0 Å². The van der Waals surface area contributed by atoms with Crippen LogP contribution < -0.4 is 0 Å². The minimum atomic E-state index is -0.736. The summed E-state index contributed by atoms with van der Waals surface area (Å²) in [5.74, 6) is -0.390. The first-order chi connectivity index (χ1) is 13.8. The molecule has 2 rings (SSSR count). The van der Waals surface area contributed by atoms with E-state index in [2.05, 4.69) is 0 Å². The van der Waals surface area contributed by atoms with Crippen molar-refractivity contribution in [3.05, 3.63) is 35.9 Å². The van der Waals surface area contributed by atoms with Crippen LogP contribution in [0.5, 0.6) is 0 Å². The average molecular weight is 396 g/mol. The highest BCUT2D eigenvalue weighted by atomic mass is 16.7. The minimum Gasteiger partial charge on any atom is -0.464 e. The molecule has 1 saturated heterocycles. The number of esters is 1. The normalized spacial score (nSPS) is 18.0. The molecule has 0 amide bonds. The van der Waals surface area contributed by atoms with Crippen LogP contribution in [0.25, 0.3) is 0 Å². The number of rotatable bonds is 14. The van der Waals surface area contributed by atoms with Crippen LogP contribution in [-0.4, -0.2) is 65.1 Å². The fraction of sp³-hybridized carbons (Fsp3) is 0.667. The molecule has 1 aliphatic rings. The summed E-state index contributed by atoms with van der Waals surface area (Å²) in [5, 5.41) is 0. The van der Waals surface area contributed by atoms with E-state index in [1.165, 1.54) is 0 Å². The van der Waals surface area contributed by atoms with Gasteiger partial charge in [-0.05, 0) is 31.7 Å². The lowest BCUT2D eigenvalue weighted by molar-refractivity contribution is -0.169. The van der Waals surface area contributed by atoms with Crippen molar-refractivity contribution in [1.29, 1.82) is 0 Å². The first-order valence-electron chi connectivity index (χ1n) is 10.0. The summed E-state index contributed by atoms with van der Waals surface area (Å²) in [6.07, 6.45) is 2.41. The Morgan fingerprint density at radius 1 is 1.04 bits per heavy atom. The van der Waals surface area contributed by atoms with Crippen LogP contribution in [0.4, 0.5) is 0 Å². The van der Waals surface area contributed by atoms with E-state index in [9.17, 15) is 4.79 Å². The Morgan fingerprint density at radius 3 is 2.43 bits per heavy atom. The minimum absolute atomic E-state index is 0.0808. The van der Waals surface area contributed by atoms with Crippen LogP contribution in [-0.2, 0) is 33.2 Å². The number of hydrogen-bond acceptors (Lipinski definition) is 7. The van der Waals surface area contributed by atoms with Crippen molar-refractivity contribution in [2.24, 2.45) is 0 Å². The number of carbonyl (C=O) groups excluding carboxylic acids is 1. The van der Waals surface area contributed by atoms with E-state index in [-0.39, 0.29) is 12.3 Å². The van der Waals surface area contributed by atoms with Crippen molar-refractivity contribution in [1.82, 2.24) is 0 Å². The van der Waals surface area contributed by atoms with Gasteiger partial charge in [0.1, 0.15) is 0 Å². The Morgan fingerprint density at radius 2 is 1.75 bits per heavy atom. The Bertz CT molecular complexity index is 517. The highest BCUT2D eigenvalue weighted by molar-refractivity contribution is 5.76. The van der Waals surface area contributed by atoms with Gasteiger partial charge in [-0.2, -0.15) is 0 Å². The van der Waals surface area contributed by atoms with E-state index >= 15 is 0 Å². The molecule has 0 N–H and O–H groups in total. The lowest BCUT2D eigenvalue weighted by Gasteiger charge is -2.22. The quantitative estimate of drug-likeness (QED) is 0.354. The van der Waals surface area contributed by atoms with Crippen molar-refractivity contribution in [3.63, 3.8) is 0 Å². The van der Waals surface area contributed by atoms with Gasteiger partial charge in [-0.1, -0.05) is 30.3 Å². The molecule has 1 aromatic carbocycles. The first kappa shape index (κ1) is 22.8. The third-order valence-electron chi connectivity index (χ3n) is 4.16. The van der Waals surface area contributed by atoms with Gasteiger partial charge in [-0.3, -0.25) is 0 Å².